The fraction of sp³-hybridized carbons (Fsp3) is 0.261. The van der Waals surface area contributed by atoms with Gasteiger partial charge >= 0.3 is 0 Å². The highest BCUT2D eigenvalue weighted by atomic mass is 32.2. The molecule has 11 heteroatoms. The molecule has 6 rings (SSSR count). The molecule has 1 aliphatic heterocycles. The molecular weight excluding hydrogens is 452 g/mol. The second kappa shape index (κ2) is 7.67. The van der Waals surface area contributed by atoms with Crippen LogP contribution in [0.3, 0.4) is 0 Å². The van der Waals surface area contributed by atoms with Gasteiger partial charge in [-0.25, -0.2) is 23.4 Å². The number of rotatable bonds is 4. The predicted octanol–water partition coefficient (Wildman–Crippen LogP) is 2.76. The quantitative estimate of drug-likeness (QED) is 0.411. The summed E-state index contributed by atoms with van der Waals surface area (Å²) in [4.78, 5) is 16.8. The highest BCUT2D eigenvalue weighted by Gasteiger charge is 2.33. The van der Waals surface area contributed by atoms with Crippen molar-refractivity contribution in [1.29, 1.82) is 0 Å². The average molecular weight is 477 g/mol. The number of fused-ring (bicyclic) bond motifs is 2. The number of nitrogens with zero attached hydrogens (tertiary/aromatic N) is 6. The maximum Gasteiger partial charge on any atom is 0.262 e. The number of aromatic amines is 1. The molecule has 1 aromatic carbocycles. The number of para-hydroxylation sites is 1. The lowest BCUT2D eigenvalue weighted by atomic mass is 9.97. The summed E-state index contributed by atoms with van der Waals surface area (Å²) in [6, 6.07) is 10.1. The first-order valence-electron chi connectivity index (χ1n) is 11.1. The molecule has 5 aromatic rings. The van der Waals surface area contributed by atoms with Gasteiger partial charge in [-0.15, -0.1) is 0 Å². The molecule has 0 amide bonds. The Morgan fingerprint density at radius 3 is 2.68 bits per heavy atom. The summed E-state index contributed by atoms with van der Waals surface area (Å²) >= 11 is 0. The minimum absolute atomic E-state index is 0.0830. The van der Waals surface area contributed by atoms with Gasteiger partial charge in [-0.2, -0.15) is 4.31 Å². The van der Waals surface area contributed by atoms with Crippen LogP contribution in [-0.4, -0.2) is 54.7 Å². The normalized spacial score (nSPS) is 16.0. The number of benzene rings is 1. The minimum atomic E-state index is -3.61. The SMILES string of the molecule is Cn1cnc(S(=O)(=O)N2CCC(c3nc(-c4cc5ccccc5[nH]4)c4c(N)nccn34)CC2)c1. The van der Waals surface area contributed by atoms with Gasteiger partial charge in [0.05, 0.1) is 12.0 Å². The van der Waals surface area contributed by atoms with Gasteiger partial charge in [-0.3, -0.25) is 4.40 Å². The van der Waals surface area contributed by atoms with E-state index >= 15 is 0 Å². The molecule has 174 valence electrons. The zero-order valence-corrected chi connectivity index (χ0v) is 19.4. The zero-order chi connectivity index (χ0) is 23.4. The number of hydrogen-bond donors (Lipinski definition) is 2. The van der Waals surface area contributed by atoms with Crippen LogP contribution in [0.15, 0.2) is 60.3 Å². The summed E-state index contributed by atoms with van der Waals surface area (Å²) in [5, 5.41) is 1.18. The Bertz CT molecular complexity index is 1590. The summed E-state index contributed by atoms with van der Waals surface area (Å²) in [5.74, 6) is 1.36. The topological polar surface area (TPSA) is 127 Å². The number of nitrogens with two attached hydrogens (primary N) is 1. The van der Waals surface area contributed by atoms with E-state index in [1.807, 2.05) is 34.9 Å². The molecule has 10 nitrogen and oxygen atoms in total. The number of piperidine rings is 1. The van der Waals surface area contributed by atoms with E-state index in [4.69, 9.17) is 10.7 Å². The average Bonchev–Trinajstić information content (AvgIpc) is 3.56. The van der Waals surface area contributed by atoms with Gasteiger partial charge in [-0.1, -0.05) is 18.2 Å². The first kappa shape index (κ1) is 20.9. The van der Waals surface area contributed by atoms with Crippen molar-refractivity contribution in [3.8, 4) is 11.4 Å². The zero-order valence-electron chi connectivity index (χ0n) is 18.6. The Kier molecular flexibility index (Phi) is 4.71. The van der Waals surface area contributed by atoms with Gasteiger partial charge in [0.15, 0.2) is 5.03 Å². The Morgan fingerprint density at radius 2 is 1.94 bits per heavy atom. The van der Waals surface area contributed by atoms with Crippen LogP contribution >= 0.6 is 0 Å². The van der Waals surface area contributed by atoms with Crippen molar-refractivity contribution in [3.63, 3.8) is 0 Å². The first-order chi connectivity index (χ1) is 16.4. The maximum absolute atomic E-state index is 13.0. The van der Waals surface area contributed by atoms with Gasteiger partial charge in [-0.05, 0) is 25.0 Å². The molecule has 0 radical (unpaired) electrons. The lowest BCUT2D eigenvalue weighted by Gasteiger charge is -2.30. The number of H-pyrrole nitrogens is 1. The van der Waals surface area contributed by atoms with E-state index in [1.165, 1.54) is 16.8 Å². The largest absolute Gasteiger partial charge is 0.382 e. The van der Waals surface area contributed by atoms with Crippen molar-refractivity contribution in [2.45, 2.75) is 23.8 Å². The van der Waals surface area contributed by atoms with Crippen LogP contribution in [0.25, 0.3) is 27.8 Å². The number of nitrogen functional groups attached to an aromatic ring is 1. The fourth-order valence-corrected chi connectivity index (χ4v) is 6.21. The smallest absolute Gasteiger partial charge is 0.262 e. The summed E-state index contributed by atoms with van der Waals surface area (Å²) < 4.78 is 31.1. The van der Waals surface area contributed by atoms with E-state index in [1.54, 1.807) is 17.8 Å². The van der Waals surface area contributed by atoms with Crippen LogP contribution in [0.2, 0.25) is 0 Å². The molecule has 4 aromatic heterocycles. The van der Waals surface area contributed by atoms with Crippen LogP contribution in [-0.2, 0) is 17.1 Å². The van der Waals surface area contributed by atoms with Crippen LogP contribution < -0.4 is 5.73 Å². The number of sulfonamides is 1. The third-order valence-corrected chi connectivity index (χ3v) is 8.28. The van der Waals surface area contributed by atoms with Crippen LogP contribution in [0.1, 0.15) is 24.6 Å². The van der Waals surface area contributed by atoms with E-state index in [2.05, 4.69) is 21.0 Å². The molecule has 34 heavy (non-hydrogen) atoms. The van der Waals surface area contributed by atoms with E-state index in [0.717, 1.165) is 33.6 Å². The fourth-order valence-electron chi connectivity index (χ4n) is 4.77. The third kappa shape index (κ3) is 3.27. The molecule has 0 unspecified atom stereocenters. The van der Waals surface area contributed by atoms with Gasteiger partial charge in [0.2, 0.25) is 0 Å². The highest BCUT2D eigenvalue weighted by molar-refractivity contribution is 7.89. The number of imidazole rings is 2. The third-order valence-electron chi connectivity index (χ3n) is 6.50. The van der Waals surface area contributed by atoms with Crippen molar-refractivity contribution < 1.29 is 8.42 Å². The number of anilines is 1. The molecule has 0 aliphatic carbocycles. The van der Waals surface area contributed by atoms with Gasteiger partial charge in [0.25, 0.3) is 10.0 Å². The summed E-state index contributed by atoms with van der Waals surface area (Å²) in [7, 11) is -1.85. The molecule has 0 atom stereocenters. The highest BCUT2D eigenvalue weighted by Crippen LogP contribution is 2.36. The Labute approximate surface area is 196 Å². The van der Waals surface area contributed by atoms with E-state index in [9.17, 15) is 8.42 Å². The van der Waals surface area contributed by atoms with Gasteiger partial charge in [0, 0.05) is 55.5 Å². The van der Waals surface area contributed by atoms with Crippen molar-refractivity contribution >= 4 is 32.3 Å². The number of aryl methyl sites for hydroxylation is 1. The second-order valence-electron chi connectivity index (χ2n) is 8.68. The standard InChI is InChI=1S/C23H24N8O2S/c1-29-13-19(26-14-29)34(32,33)30-9-6-15(7-10-30)23-28-20(21-22(24)25-8-11-31(21)23)18-12-16-4-2-3-5-17(16)27-18/h2-5,8,11-15,27H,6-7,9-10H2,1H3,(H2,24,25). The second-order valence-corrected chi connectivity index (χ2v) is 10.6. The number of nitrogens with one attached hydrogen (secondary N) is 1. The molecule has 0 bridgehead atoms. The lowest BCUT2D eigenvalue weighted by molar-refractivity contribution is 0.312. The minimum Gasteiger partial charge on any atom is -0.382 e. The maximum atomic E-state index is 13.0. The van der Waals surface area contributed by atoms with E-state index in [-0.39, 0.29) is 10.9 Å². The van der Waals surface area contributed by atoms with Crippen LogP contribution in [0.4, 0.5) is 5.82 Å². The Hall–Kier alpha value is -3.70. The molecule has 0 saturated carbocycles. The Balaban J connectivity index is 1.35. The van der Waals surface area contributed by atoms with Crippen molar-refractivity contribution in [1.82, 2.24) is 33.2 Å². The molecule has 1 fully saturated rings. The molecule has 3 N–H and O–H groups in total. The lowest BCUT2D eigenvalue weighted by Crippen LogP contribution is -2.38. The van der Waals surface area contributed by atoms with Crippen molar-refractivity contribution in [3.05, 3.63) is 61.1 Å². The van der Waals surface area contributed by atoms with Gasteiger partial charge < -0.3 is 15.3 Å². The first-order valence-corrected chi connectivity index (χ1v) is 12.5. The van der Waals surface area contributed by atoms with E-state index in [0.29, 0.717) is 31.7 Å². The molecule has 0 spiro atoms. The molecule has 1 saturated heterocycles. The van der Waals surface area contributed by atoms with Crippen molar-refractivity contribution in [2.24, 2.45) is 7.05 Å². The Morgan fingerprint density at radius 1 is 1.15 bits per heavy atom. The summed E-state index contributed by atoms with van der Waals surface area (Å²) in [6.07, 6.45) is 7.88. The van der Waals surface area contributed by atoms with E-state index < -0.39 is 10.0 Å². The molecular formula is C23H24N8O2S. The van der Waals surface area contributed by atoms with Crippen LogP contribution in [0, 0.1) is 0 Å². The summed E-state index contributed by atoms with van der Waals surface area (Å²) in [5.41, 5.74) is 9.70. The monoisotopic (exact) mass is 476 g/mol. The molecule has 5 heterocycles. The van der Waals surface area contributed by atoms with Crippen molar-refractivity contribution in [2.75, 3.05) is 18.8 Å². The molecule has 1 aliphatic rings. The number of hydrogen-bond acceptors (Lipinski definition) is 6. The van der Waals surface area contributed by atoms with Crippen LogP contribution in [0.5, 0.6) is 0 Å². The number of aromatic nitrogens is 6. The van der Waals surface area contributed by atoms with Gasteiger partial charge in [0.1, 0.15) is 22.9 Å². The predicted molar refractivity (Wildman–Crippen MR) is 129 cm³/mol. The summed E-state index contributed by atoms with van der Waals surface area (Å²) in [6.45, 7) is 0.807.